The lowest BCUT2D eigenvalue weighted by Crippen LogP contribution is -2.40. The molecule has 0 atom stereocenters. The first-order valence-corrected chi connectivity index (χ1v) is 13.9. The predicted octanol–water partition coefficient (Wildman–Crippen LogP) is 4.84. The highest BCUT2D eigenvalue weighted by Crippen LogP contribution is 2.27. The summed E-state index contributed by atoms with van der Waals surface area (Å²) in [6.07, 6.45) is 11.0. The molecule has 0 unspecified atom stereocenters. The van der Waals surface area contributed by atoms with Gasteiger partial charge in [0, 0.05) is 37.3 Å². The van der Waals surface area contributed by atoms with Gasteiger partial charge in [-0.15, -0.1) is 0 Å². The number of benzene rings is 1. The predicted molar refractivity (Wildman–Crippen MR) is 146 cm³/mol. The zero-order valence-corrected chi connectivity index (χ0v) is 22.4. The molecule has 1 aromatic carbocycles. The molecule has 0 bridgehead atoms. The van der Waals surface area contributed by atoms with Crippen molar-refractivity contribution in [2.24, 2.45) is 5.92 Å². The number of anilines is 2. The van der Waals surface area contributed by atoms with Crippen LogP contribution in [0, 0.1) is 5.92 Å². The van der Waals surface area contributed by atoms with Crippen LogP contribution in [0.15, 0.2) is 24.3 Å². The maximum atomic E-state index is 12.6. The highest BCUT2D eigenvalue weighted by Gasteiger charge is 2.22. The fraction of sp³-hybridized carbons (Fsp3) is 0.571. The van der Waals surface area contributed by atoms with Gasteiger partial charge in [0.1, 0.15) is 16.8 Å². The minimum atomic E-state index is -1.03. The summed E-state index contributed by atoms with van der Waals surface area (Å²) in [6.45, 7) is 1.07. The fourth-order valence-corrected chi connectivity index (χ4v) is 5.64. The SMILES string of the molecule is CN(CC(=O)NC1CCCC1)c1nc(Cc2ccc(NCC3CCCCC3)cc2)nc(Cl)c1CC(=O)O. The number of likely N-dealkylation sites (N-methyl/N-ethyl adjacent to an activating group) is 1. The number of amides is 1. The normalized spacial score (nSPS) is 16.5. The number of carboxylic acid groups (broad SMARTS) is 1. The smallest absolute Gasteiger partial charge is 0.308 e. The topological polar surface area (TPSA) is 107 Å². The second-order valence-corrected chi connectivity index (χ2v) is 10.8. The summed E-state index contributed by atoms with van der Waals surface area (Å²) < 4.78 is 0. The van der Waals surface area contributed by atoms with Gasteiger partial charge in [-0.25, -0.2) is 9.97 Å². The minimum Gasteiger partial charge on any atom is -0.481 e. The summed E-state index contributed by atoms with van der Waals surface area (Å²) in [5, 5.41) is 16.1. The summed E-state index contributed by atoms with van der Waals surface area (Å²) in [5.41, 5.74) is 2.44. The van der Waals surface area contributed by atoms with Gasteiger partial charge in [-0.1, -0.05) is 55.8 Å². The van der Waals surface area contributed by atoms with Crippen LogP contribution in [0.3, 0.4) is 0 Å². The van der Waals surface area contributed by atoms with Crippen molar-refractivity contribution in [3.8, 4) is 0 Å². The summed E-state index contributed by atoms with van der Waals surface area (Å²) in [7, 11) is 1.73. The number of aliphatic carboxylic acids is 1. The Morgan fingerprint density at radius 1 is 1.03 bits per heavy atom. The number of carboxylic acids is 1. The van der Waals surface area contributed by atoms with Crippen molar-refractivity contribution in [2.45, 2.75) is 76.7 Å². The number of nitrogens with one attached hydrogen (secondary N) is 2. The lowest BCUT2D eigenvalue weighted by molar-refractivity contribution is -0.136. The molecule has 0 aliphatic heterocycles. The van der Waals surface area contributed by atoms with Gasteiger partial charge in [-0.3, -0.25) is 9.59 Å². The summed E-state index contributed by atoms with van der Waals surface area (Å²) in [5.74, 6) is 0.483. The molecule has 1 amide bonds. The number of carbonyl (C=O) groups is 2. The van der Waals surface area contributed by atoms with Crippen LogP contribution in [0.4, 0.5) is 11.5 Å². The Balaban J connectivity index is 1.43. The van der Waals surface area contributed by atoms with E-state index < -0.39 is 5.97 Å². The second kappa shape index (κ2) is 13.1. The standard InChI is InChI=1S/C28H38ClN5O3/c1-34(18-25(35)31-22-9-5-6-10-22)28-23(16-26(36)37)27(29)32-24(33-28)15-19-11-13-21(14-12-19)30-17-20-7-3-2-4-8-20/h11-14,20,22,30H,2-10,15-18H2,1H3,(H,31,35)(H,36,37). The van der Waals surface area contributed by atoms with E-state index in [1.807, 2.05) is 12.1 Å². The summed E-state index contributed by atoms with van der Waals surface area (Å²) >= 11 is 6.45. The van der Waals surface area contributed by atoms with Gasteiger partial charge >= 0.3 is 5.97 Å². The van der Waals surface area contributed by atoms with Crippen LogP contribution in [0.2, 0.25) is 5.15 Å². The lowest BCUT2D eigenvalue weighted by Gasteiger charge is -2.23. The van der Waals surface area contributed by atoms with Crippen molar-refractivity contribution in [3.05, 3.63) is 46.4 Å². The second-order valence-electron chi connectivity index (χ2n) is 10.5. The van der Waals surface area contributed by atoms with Crippen molar-refractivity contribution < 1.29 is 14.7 Å². The van der Waals surface area contributed by atoms with Crippen LogP contribution in [0.5, 0.6) is 0 Å². The highest BCUT2D eigenvalue weighted by molar-refractivity contribution is 6.30. The molecule has 2 fully saturated rings. The Morgan fingerprint density at radius 3 is 2.38 bits per heavy atom. The van der Waals surface area contributed by atoms with E-state index >= 15 is 0 Å². The van der Waals surface area contributed by atoms with Crippen molar-refractivity contribution in [3.63, 3.8) is 0 Å². The third-order valence-electron chi connectivity index (χ3n) is 7.41. The molecular formula is C28H38ClN5O3. The molecule has 4 rings (SSSR count). The average molecular weight is 528 g/mol. The van der Waals surface area contributed by atoms with Gasteiger partial charge in [0.2, 0.25) is 5.91 Å². The van der Waals surface area contributed by atoms with Gasteiger partial charge in [0.15, 0.2) is 0 Å². The van der Waals surface area contributed by atoms with Crippen LogP contribution in [-0.4, -0.2) is 53.1 Å². The van der Waals surface area contributed by atoms with Crippen LogP contribution in [0.25, 0.3) is 0 Å². The van der Waals surface area contributed by atoms with Gasteiger partial charge in [-0.05, 0) is 49.3 Å². The first-order valence-electron chi connectivity index (χ1n) is 13.5. The first-order chi connectivity index (χ1) is 17.9. The molecule has 3 N–H and O–H groups in total. The van der Waals surface area contributed by atoms with E-state index in [0.29, 0.717) is 23.6 Å². The minimum absolute atomic E-state index is 0.0667. The first kappa shape index (κ1) is 27.2. The largest absolute Gasteiger partial charge is 0.481 e. The van der Waals surface area contributed by atoms with Gasteiger partial charge in [0.25, 0.3) is 0 Å². The number of aromatic nitrogens is 2. The zero-order valence-electron chi connectivity index (χ0n) is 21.6. The van der Waals surface area contributed by atoms with Gasteiger partial charge in [-0.2, -0.15) is 0 Å². The van der Waals surface area contributed by atoms with E-state index in [-0.39, 0.29) is 30.1 Å². The van der Waals surface area contributed by atoms with E-state index in [1.54, 1.807) is 11.9 Å². The fourth-order valence-electron chi connectivity index (χ4n) is 5.40. The molecular weight excluding hydrogens is 490 g/mol. The highest BCUT2D eigenvalue weighted by atomic mass is 35.5. The van der Waals surface area contributed by atoms with E-state index in [9.17, 15) is 14.7 Å². The van der Waals surface area contributed by atoms with E-state index in [0.717, 1.165) is 49.4 Å². The quantitative estimate of drug-likeness (QED) is 0.359. The molecule has 0 spiro atoms. The molecule has 8 nitrogen and oxygen atoms in total. The monoisotopic (exact) mass is 527 g/mol. The Hall–Kier alpha value is -2.87. The molecule has 1 aromatic heterocycles. The van der Waals surface area contributed by atoms with Gasteiger partial charge < -0.3 is 20.6 Å². The Kier molecular flexibility index (Phi) is 9.61. The maximum Gasteiger partial charge on any atom is 0.308 e. The summed E-state index contributed by atoms with van der Waals surface area (Å²) in [6, 6.07) is 8.44. The molecule has 2 aliphatic rings. The van der Waals surface area contributed by atoms with E-state index in [2.05, 4.69) is 32.7 Å². The Labute approximate surface area is 224 Å². The van der Waals surface area contributed by atoms with Crippen LogP contribution in [0.1, 0.15) is 74.7 Å². The molecule has 37 heavy (non-hydrogen) atoms. The number of carbonyl (C=O) groups excluding carboxylic acids is 1. The maximum absolute atomic E-state index is 12.6. The molecule has 200 valence electrons. The van der Waals surface area contributed by atoms with Crippen LogP contribution in [-0.2, 0) is 22.4 Å². The van der Waals surface area contributed by atoms with E-state index in [1.165, 1.54) is 32.1 Å². The number of hydrogen-bond donors (Lipinski definition) is 3. The third kappa shape index (κ3) is 8.06. The van der Waals surface area contributed by atoms with Gasteiger partial charge in [0.05, 0.1) is 13.0 Å². The third-order valence-corrected chi connectivity index (χ3v) is 7.72. The molecule has 2 aromatic rings. The molecule has 0 saturated heterocycles. The van der Waals surface area contributed by atoms with Crippen molar-refractivity contribution in [2.75, 3.05) is 30.4 Å². The Bertz CT molecular complexity index is 1070. The molecule has 1 heterocycles. The molecule has 0 radical (unpaired) electrons. The summed E-state index contributed by atoms with van der Waals surface area (Å²) in [4.78, 5) is 34.8. The van der Waals surface area contributed by atoms with Crippen molar-refractivity contribution in [1.29, 1.82) is 0 Å². The van der Waals surface area contributed by atoms with Crippen molar-refractivity contribution >= 4 is 35.0 Å². The Morgan fingerprint density at radius 2 is 1.70 bits per heavy atom. The number of rotatable bonds is 11. The van der Waals surface area contributed by atoms with Crippen molar-refractivity contribution in [1.82, 2.24) is 15.3 Å². The molecule has 9 heteroatoms. The lowest BCUT2D eigenvalue weighted by atomic mass is 9.89. The number of nitrogens with zero attached hydrogens (tertiary/aromatic N) is 3. The van der Waals surface area contributed by atoms with E-state index in [4.69, 9.17) is 11.6 Å². The number of halogens is 1. The zero-order chi connectivity index (χ0) is 26.2. The average Bonchev–Trinajstić information content (AvgIpc) is 3.38. The molecule has 2 saturated carbocycles. The van der Waals surface area contributed by atoms with Crippen LogP contribution >= 0.6 is 11.6 Å². The number of hydrogen-bond acceptors (Lipinski definition) is 6. The molecule has 2 aliphatic carbocycles. The van der Waals surface area contributed by atoms with Crippen LogP contribution < -0.4 is 15.5 Å².